The Bertz CT molecular complexity index is 2560. The average molecular weight is 730 g/mol. The van der Waals surface area contributed by atoms with E-state index in [1.54, 1.807) is 0 Å². The van der Waals surface area contributed by atoms with Crippen LogP contribution in [-0.2, 0) is 15.9 Å². The second-order valence-corrected chi connectivity index (χ2v) is 14.1. The van der Waals surface area contributed by atoms with E-state index in [0.717, 1.165) is 39.0 Å². The van der Waals surface area contributed by atoms with Crippen LogP contribution in [0.1, 0.15) is 27.8 Å². The second-order valence-electron chi connectivity index (χ2n) is 12.4. The molecule has 9 rings (SSSR count). The van der Waals surface area contributed by atoms with E-state index in [0.29, 0.717) is 42.6 Å². The summed E-state index contributed by atoms with van der Waals surface area (Å²) < 4.78 is 9.52. The first-order chi connectivity index (χ1) is 24.3. The highest BCUT2D eigenvalue weighted by atomic mass is 35.5. The van der Waals surface area contributed by atoms with Gasteiger partial charge in [0.15, 0.2) is 11.1 Å². The standard InChI is InChI=1S/C42H24Cl4N2O2/c43-29-17-9-25(10-18-29)37-38(26-11-19-30(44)20-12-26)50-42(28-15-23-32(46)24-16-28)35-7-3-1-5-33(35)39-47-36-8-4-2-6-34(36)40(49)48(39)41(37,42)27-13-21-31(45)22-14-27/h1-24H/t41-,42-/m0/s1. The quantitative estimate of drug-likeness (QED) is 0.181. The molecule has 0 bridgehead atoms. The lowest BCUT2D eigenvalue weighted by molar-refractivity contribution is 0.0232. The Hall–Kier alpha value is -4.84. The number of benzene rings is 6. The lowest BCUT2D eigenvalue weighted by Gasteiger charge is -2.51. The van der Waals surface area contributed by atoms with Crippen molar-refractivity contribution in [2.75, 3.05) is 0 Å². The average Bonchev–Trinajstić information content (AvgIpc) is 3.46. The summed E-state index contributed by atoms with van der Waals surface area (Å²) in [5, 5.41) is 2.75. The van der Waals surface area contributed by atoms with Gasteiger partial charge in [-0.1, -0.05) is 119 Å². The Balaban J connectivity index is 1.59. The van der Waals surface area contributed by atoms with E-state index in [4.69, 9.17) is 56.1 Å². The molecule has 0 saturated heterocycles. The molecule has 0 N–H and O–H groups in total. The number of hydrogen-bond acceptors (Lipinski definition) is 3. The first-order valence-corrected chi connectivity index (χ1v) is 17.4. The van der Waals surface area contributed by atoms with Crippen molar-refractivity contribution in [1.82, 2.24) is 9.55 Å². The van der Waals surface area contributed by atoms with Crippen LogP contribution in [0.4, 0.5) is 0 Å². The van der Waals surface area contributed by atoms with E-state index in [2.05, 4.69) is 6.07 Å². The third-order valence-electron chi connectivity index (χ3n) is 9.76. The van der Waals surface area contributed by atoms with Gasteiger partial charge in [-0.25, -0.2) is 4.98 Å². The smallest absolute Gasteiger partial charge is 0.262 e. The lowest BCUT2D eigenvalue weighted by Crippen LogP contribution is -2.59. The highest BCUT2D eigenvalue weighted by Gasteiger charge is 2.69. The van der Waals surface area contributed by atoms with Gasteiger partial charge in [-0.2, -0.15) is 0 Å². The van der Waals surface area contributed by atoms with E-state index in [9.17, 15) is 0 Å². The van der Waals surface area contributed by atoms with Crippen molar-refractivity contribution in [2.45, 2.75) is 11.1 Å². The zero-order valence-corrected chi connectivity index (χ0v) is 29.1. The van der Waals surface area contributed by atoms with Gasteiger partial charge in [0, 0.05) is 47.9 Å². The maximum Gasteiger partial charge on any atom is 0.262 e. The van der Waals surface area contributed by atoms with Crippen LogP contribution in [0.25, 0.3) is 33.6 Å². The molecule has 0 unspecified atom stereocenters. The molecular weight excluding hydrogens is 706 g/mol. The third-order valence-corrected chi connectivity index (χ3v) is 10.8. The molecular formula is C42H24Cl4N2O2. The van der Waals surface area contributed by atoms with Crippen molar-refractivity contribution in [2.24, 2.45) is 0 Å². The number of halogens is 4. The van der Waals surface area contributed by atoms with Gasteiger partial charge in [-0.15, -0.1) is 0 Å². The first-order valence-electron chi connectivity index (χ1n) is 15.9. The molecule has 2 aliphatic heterocycles. The van der Waals surface area contributed by atoms with E-state index < -0.39 is 11.1 Å². The molecule has 50 heavy (non-hydrogen) atoms. The molecule has 7 aromatic rings. The van der Waals surface area contributed by atoms with Gasteiger partial charge in [0.2, 0.25) is 0 Å². The van der Waals surface area contributed by atoms with Crippen molar-refractivity contribution < 1.29 is 4.74 Å². The molecule has 0 aliphatic carbocycles. The molecule has 2 aliphatic rings. The monoisotopic (exact) mass is 728 g/mol. The minimum Gasteiger partial charge on any atom is -0.473 e. The zero-order valence-electron chi connectivity index (χ0n) is 26.1. The lowest BCUT2D eigenvalue weighted by atomic mass is 9.60. The van der Waals surface area contributed by atoms with Crippen LogP contribution >= 0.6 is 46.4 Å². The summed E-state index contributed by atoms with van der Waals surface area (Å²) in [6.07, 6.45) is 0. The fraction of sp³-hybridized carbons (Fsp3) is 0.0476. The van der Waals surface area contributed by atoms with Crippen LogP contribution in [0.2, 0.25) is 20.1 Å². The molecule has 0 spiro atoms. The molecule has 6 aromatic carbocycles. The number of para-hydroxylation sites is 1. The Morgan fingerprint density at radius 3 is 1.72 bits per heavy atom. The Morgan fingerprint density at radius 1 is 0.560 bits per heavy atom. The summed E-state index contributed by atoms with van der Waals surface area (Å²) in [6, 6.07) is 45.9. The van der Waals surface area contributed by atoms with Crippen molar-refractivity contribution in [3.05, 3.63) is 204 Å². The number of hydrogen-bond donors (Lipinski definition) is 0. The van der Waals surface area contributed by atoms with Gasteiger partial charge in [0.05, 0.1) is 10.9 Å². The number of nitrogens with zero attached hydrogens (tertiary/aromatic N) is 2. The maximum atomic E-state index is 15.5. The Labute approximate surface area is 307 Å². The second kappa shape index (κ2) is 11.6. The Morgan fingerprint density at radius 2 is 1.08 bits per heavy atom. The van der Waals surface area contributed by atoms with Crippen molar-refractivity contribution in [1.29, 1.82) is 0 Å². The molecule has 2 atom stereocenters. The number of rotatable bonds is 4. The van der Waals surface area contributed by atoms with Gasteiger partial charge >= 0.3 is 0 Å². The summed E-state index contributed by atoms with van der Waals surface area (Å²) >= 11 is 26.1. The molecule has 0 radical (unpaired) electrons. The predicted molar refractivity (Wildman–Crippen MR) is 203 cm³/mol. The summed E-state index contributed by atoms with van der Waals surface area (Å²) in [6.45, 7) is 0. The zero-order chi connectivity index (χ0) is 34.2. The number of ether oxygens (including phenoxy) is 1. The largest absolute Gasteiger partial charge is 0.473 e. The van der Waals surface area contributed by atoms with Crippen molar-refractivity contribution >= 4 is 68.6 Å². The van der Waals surface area contributed by atoms with Gasteiger partial charge in [-0.05, 0) is 83.9 Å². The molecule has 3 heterocycles. The molecule has 8 heteroatoms. The van der Waals surface area contributed by atoms with Crippen LogP contribution in [0.5, 0.6) is 0 Å². The summed E-state index contributed by atoms with van der Waals surface area (Å²) in [4.78, 5) is 20.7. The SMILES string of the molecule is O=c1c2ccccc2nc2n1[C@@]1(c3ccc(Cl)cc3)C(c3ccc(Cl)cc3)=C(c3ccc(Cl)cc3)O[C@@]1(c1ccc(Cl)cc1)c1ccccc1-2. The fourth-order valence-corrected chi connectivity index (χ4v) is 8.29. The minimum absolute atomic E-state index is 0.221. The molecule has 4 nitrogen and oxygen atoms in total. The van der Waals surface area contributed by atoms with Gasteiger partial charge in [0.1, 0.15) is 11.6 Å². The van der Waals surface area contributed by atoms with Crippen molar-refractivity contribution in [3.63, 3.8) is 0 Å². The fourth-order valence-electron chi connectivity index (χ4n) is 7.78. The molecule has 1 aromatic heterocycles. The summed E-state index contributed by atoms with van der Waals surface area (Å²) in [5.74, 6) is 1.08. The van der Waals surface area contributed by atoms with Crippen LogP contribution in [-0.4, -0.2) is 9.55 Å². The van der Waals surface area contributed by atoms with Gasteiger partial charge < -0.3 is 4.74 Å². The van der Waals surface area contributed by atoms with Gasteiger partial charge in [-0.3, -0.25) is 9.36 Å². The maximum absolute atomic E-state index is 15.5. The van der Waals surface area contributed by atoms with Crippen LogP contribution in [0, 0.1) is 0 Å². The molecule has 242 valence electrons. The Kier molecular flexibility index (Phi) is 7.24. The number of aromatic nitrogens is 2. The summed E-state index contributed by atoms with van der Waals surface area (Å²) in [5.41, 5.74) is 3.04. The third kappa shape index (κ3) is 4.33. The first kappa shape index (κ1) is 31.2. The highest BCUT2D eigenvalue weighted by molar-refractivity contribution is 6.31. The highest BCUT2D eigenvalue weighted by Crippen LogP contribution is 2.68. The van der Waals surface area contributed by atoms with Crippen molar-refractivity contribution in [3.8, 4) is 11.4 Å². The van der Waals surface area contributed by atoms with E-state index in [-0.39, 0.29) is 5.56 Å². The van der Waals surface area contributed by atoms with Gasteiger partial charge in [0.25, 0.3) is 5.56 Å². The van der Waals surface area contributed by atoms with Crippen LogP contribution < -0.4 is 5.56 Å². The minimum atomic E-state index is -1.41. The molecule has 0 fully saturated rings. The van der Waals surface area contributed by atoms with E-state index in [1.165, 1.54) is 0 Å². The van der Waals surface area contributed by atoms with Crippen LogP contribution in [0.15, 0.2) is 150 Å². The normalized spacial score (nSPS) is 19.1. The van der Waals surface area contributed by atoms with Crippen LogP contribution in [0.3, 0.4) is 0 Å². The van der Waals surface area contributed by atoms with E-state index in [1.807, 2.05) is 144 Å². The predicted octanol–water partition coefficient (Wildman–Crippen LogP) is 11.3. The molecule has 0 amide bonds. The number of fused-ring (bicyclic) bond motifs is 7. The summed E-state index contributed by atoms with van der Waals surface area (Å²) in [7, 11) is 0. The topological polar surface area (TPSA) is 44.1 Å². The molecule has 0 saturated carbocycles. The van der Waals surface area contributed by atoms with E-state index >= 15 is 4.79 Å².